The first-order valence-corrected chi connectivity index (χ1v) is 7.05. The fourth-order valence-electron chi connectivity index (χ4n) is 2.31. The molecule has 2 atom stereocenters. The van der Waals surface area contributed by atoms with Crippen LogP contribution in [0.3, 0.4) is 0 Å². The Labute approximate surface area is 126 Å². The first-order chi connectivity index (χ1) is 10.4. The highest BCUT2D eigenvalue weighted by Gasteiger charge is 2.35. The normalized spacial score (nSPS) is 19.4. The number of nitrogens with one attached hydrogen (secondary N) is 1. The average Bonchev–Trinajstić information content (AvgIpc) is 2.85. The molecular formula is C15H18F2N2O3. The van der Waals surface area contributed by atoms with Gasteiger partial charge in [-0.2, -0.15) is 0 Å². The number of carbonyl (C=O) groups is 2. The summed E-state index contributed by atoms with van der Waals surface area (Å²) in [6.45, 7) is 2.14. The van der Waals surface area contributed by atoms with E-state index in [-0.39, 0.29) is 43.0 Å². The summed E-state index contributed by atoms with van der Waals surface area (Å²) in [4.78, 5) is 25.2. The fourth-order valence-corrected chi connectivity index (χ4v) is 2.31. The number of halogens is 2. The van der Waals surface area contributed by atoms with E-state index in [0.29, 0.717) is 6.54 Å². The van der Waals surface area contributed by atoms with Crippen LogP contribution in [-0.4, -0.2) is 36.6 Å². The van der Waals surface area contributed by atoms with E-state index in [4.69, 9.17) is 5.11 Å². The van der Waals surface area contributed by atoms with Crippen molar-refractivity contribution in [3.8, 4) is 0 Å². The van der Waals surface area contributed by atoms with Crippen molar-refractivity contribution in [2.75, 3.05) is 24.6 Å². The van der Waals surface area contributed by atoms with Crippen molar-refractivity contribution in [2.24, 2.45) is 11.8 Å². The van der Waals surface area contributed by atoms with Gasteiger partial charge in [-0.05, 0) is 18.1 Å². The highest BCUT2D eigenvalue weighted by molar-refractivity contribution is 6.00. The van der Waals surface area contributed by atoms with Gasteiger partial charge in [0.25, 0.3) is 0 Å². The Morgan fingerprint density at radius 1 is 1.41 bits per heavy atom. The number of aliphatic hydroxyl groups is 1. The van der Waals surface area contributed by atoms with Crippen LogP contribution in [0, 0.1) is 23.5 Å². The highest BCUT2D eigenvalue weighted by Crippen LogP contribution is 2.26. The molecule has 22 heavy (non-hydrogen) atoms. The zero-order valence-electron chi connectivity index (χ0n) is 12.2. The minimum Gasteiger partial charge on any atom is -0.396 e. The van der Waals surface area contributed by atoms with Crippen LogP contribution in [0.4, 0.5) is 14.5 Å². The monoisotopic (exact) mass is 312 g/mol. The lowest BCUT2D eigenvalue weighted by atomic mass is 10.1. The lowest BCUT2D eigenvalue weighted by molar-refractivity contribution is -0.126. The second kappa shape index (κ2) is 6.83. The predicted octanol–water partition coefficient (Wildman–Crippen LogP) is 1.06. The molecule has 1 saturated heterocycles. The van der Waals surface area contributed by atoms with E-state index in [0.717, 1.165) is 18.2 Å². The van der Waals surface area contributed by atoms with E-state index in [1.54, 1.807) is 6.92 Å². The molecule has 7 heteroatoms. The molecule has 2 N–H and O–H groups in total. The molecule has 0 bridgehead atoms. The van der Waals surface area contributed by atoms with Gasteiger partial charge < -0.3 is 15.3 Å². The zero-order valence-corrected chi connectivity index (χ0v) is 12.2. The Morgan fingerprint density at radius 2 is 2.05 bits per heavy atom. The van der Waals surface area contributed by atoms with E-state index >= 15 is 0 Å². The minimum atomic E-state index is -0.771. The number of anilines is 1. The van der Waals surface area contributed by atoms with Crippen molar-refractivity contribution in [1.82, 2.24) is 5.32 Å². The molecule has 1 aliphatic rings. The van der Waals surface area contributed by atoms with Crippen molar-refractivity contribution >= 4 is 17.5 Å². The molecule has 1 aromatic carbocycles. The van der Waals surface area contributed by atoms with Crippen LogP contribution in [0.25, 0.3) is 0 Å². The van der Waals surface area contributed by atoms with Gasteiger partial charge in [-0.15, -0.1) is 0 Å². The fraction of sp³-hybridized carbons (Fsp3) is 0.467. The second-order valence-corrected chi connectivity index (χ2v) is 5.57. The van der Waals surface area contributed by atoms with Gasteiger partial charge in [-0.1, -0.05) is 6.92 Å². The van der Waals surface area contributed by atoms with Crippen LogP contribution < -0.4 is 10.2 Å². The molecule has 2 amide bonds. The first kappa shape index (κ1) is 16.4. The van der Waals surface area contributed by atoms with Gasteiger partial charge in [0.2, 0.25) is 11.8 Å². The standard InChI is InChI=1S/C15H18F2N2O3/c1-9(8-20)6-18-15(22)10-2-14(21)19(7-10)13-4-11(16)3-12(17)5-13/h3-5,9-10,20H,2,6-8H2,1H3,(H,18,22). The molecule has 1 fully saturated rings. The third-order valence-corrected chi connectivity index (χ3v) is 3.59. The molecule has 0 aromatic heterocycles. The van der Waals surface area contributed by atoms with Crippen LogP contribution in [0.2, 0.25) is 0 Å². The van der Waals surface area contributed by atoms with Crippen LogP contribution in [-0.2, 0) is 9.59 Å². The van der Waals surface area contributed by atoms with Crippen molar-refractivity contribution in [3.05, 3.63) is 29.8 Å². The lowest BCUT2D eigenvalue weighted by Gasteiger charge is -2.17. The van der Waals surface area contributed by atoms with Gasteiger partial charge in [-0.25, -0.2) is 8.78 Å². The molecule has 1 heterocycles. The van der Waals surface area contributed by atoms with Gasteiger partial charge in [-0.3, -0.25) is 9.59 Å². The molecule has 5 nitrogen and oxygen atoms in total. The van der Waals surface area contributed by atoms with Crippen molar-refractivity contribution in [3.63, 3.8) is 0 Å². The van der Waals surface area contributed by atoms with E-state index in [9.17, 15) is 18.4 Å². The summed E-state index contributed by atoms with van der Waals surface area (Å²) in [6, 6.07) is 2.86. The summed E-state index contributed by atoms with van der Waals surface area (Å²) in [5.41, 5.74) is 0.113. The third kappa shape index (κ3) is 3.79. The highest BCUT2D eigenvalue weighted by atomic mass is 19.1. The van der Waals surface area contributed by atoms with Crippen molar-refractivity contribution in [1.29, 1.82) is 0 Å². The summed E-state index contributed by atoms with van der Waals surface area (Å²) in [5, 5.41) is 11.6. The third-order valence-electron chi connectivity index (χ3n) is 3.59. The summed E-state index contributed by atoms with van der Waals surface area (Å²) in [5.74, 6) is -2.83. The van der Waals surface area contributed by atoms with E-state index in [1.165, 1.54) is 4.90 Å². The van der Waals surface area contributed by atoms with Gasteiger partial charge in [0.1, 0.15) is 11.6 Å². The quantitative estimate of drug-likeness (QED) is 0.854. The average molecular weight is 312 g/mol. The summed E-state index contributed by atoms with van der Waals surface area (Å²) in [7, 11) is 0. The second-order valence-electron chi connectivity index (χ2n) is 5.57. The molecule has 0 aliphatic carbocycles. The Hall–Kier alpha value is -2.02. The van der Waals surface area contributed by atoms with Gasteiger partial charge in [0.15, 0.2) is 0 Å². The largest absolute Gasteiger partial charge is 0.396 e. The van der Waals surface area contributed by atoms with Crippen molar-refractivity contribution < 1.29 is 23.5 Å². The number of aliphatic hydroxyl groups excluding tert-OH is 1. The van der Waals surface area contributed by atoms with E-state index in [2.05, 4.69) is 5.32 Å². The number of carbonyl (C=O) groups excluding carboxylic acids is 2. The Kier molecular flexibility index (Phi) is 5.07. The van der Waals surface area contributed by atoms with Crippen molar-refractivity contribution in [2.45, 2.75) is 13.3 Å². The maximum absolute atomic E-state index is 13.2. The molecule has 120 valence electrons. The smallest absolute Gasteiger partial charge is 0.227 e. The summed E-state index contributed by atoms with van der Waals surface area (Å²) < 4.78 is 26.5. The van der Waals surface area contributed by atoms with Crippen LogP contribution in [0.1, 0.15) is 13.3 Å². The predicted molar refractivity (Wildman–Crippen MR) is 76.1 cm³/mol. The van der Waals surface area contributed by atoms with Gasteiger partial charge in [0, 0.05) is 37.9 Å². The number of rotatable bonds is 5. The van der Waals surface area contributed by atoms with Gasteiger partial charge in [0.05, 0.1) is 5.92 Å². The van der Waals surface area contributed by atoms with E-state index < -0.39 is 17.6 Å². The first-order valence-electron chi connectivity index (χ1n) is 7.05. The number of amides is 2. The number of nitrogens with zero attached hydrogens (tertiary/aromatic N) is 1. The molecule has 1 aromatic rings. The topological polar surface area (TPSA) is 69.6 Å². The van der Waals surface area contributed by atoms with Gasteiger partial charge >= 0.3 is 0 Å². The number of benzene rings is 1. The van der Waals surface area contributed by atoms with Crippen LogP contribution in [0.5, 0.6) is 0 Å². The molecule has 1 aliphatic heterocycles. The molecule has 0 saturated carbocycles. The van der Waals surface area contributed by atoms with Crippen LogP contribution in [0.15, 0.2) is 18.2 Å². The summed E-state index contributed by atoms with van der Waals surface area (Å²) in [6.07, 6.45) is -0.00251. The number of hydrogen-bond acceptors (Lipinski definition) is 3. The minimum absolute atomic E-state index is 0.00251. The molecular weight excluding hydrogens is 294 g/mol. The van der Waals surface area contributed by atoms with Crippen LogP contribution >= 0.6 is 0 Å². The Morgan fingerprint density at radius 3 is 2.64 bits per heavy atom. The lowest BCUT2D eigenvalue weighted by Crippen LogP contribution is -2.36. The number of hydrogen-bond donors (Lipinski definition) is 2. The molecule has 2 rings (SSSR count). The molecule has 2 unspecified atom stereocenters. The molecule has 0 spiro atoms. The molecule has 0 radical (unpaired) electrons. The zero-order chi connectivity index (χ0) is 16.3. The summed E-state index contributed by atoms with van der Waals surface area (Å²) >= 11 is 0. The SMILES string of the molecule is CC(CO)CNC(=O)C1CC(=O)N(c2cc(F)cc(F)c2)C1. The maximum Gasteiger partial charge on any atom is 0.227 e. The maximum atomic E-state index is 13.2. The van der Waals surface area contributed by atoms with E-state index in [1.807, 2.05) is 0 Å². The Bertz CT molecular complexity index is 560. The Balaban J connectivity index is 2.02.